The van der Waals surface area contributed by atoms with Crippen molar-refractivity contribution in [1.29, 1.82) is 0 Å². The normalized spacial score (nSPS) is 12.3. The van der Waals surface area contributed by atoms with E-state index in [4.69, 9.17) is 14.6 Å². The van der Waals surface area contributed by atoms with E-state index in [2.05, 4.69) is 10.5 Å². The number of anilines is 1. The first-order chi connectivity index (χ1) is 11.5. The van der Waals surface area contributed by atoms with Crippen molar-refractivity contribution in [2.75, 3.05) is 12.2 Å². The van der Waals surface area contributed by atoms with Gasteiger partial charge in [0.15, 0.2) is 11.5 Å². The van der Waals surface area contributed by atoms with Gasteiger partial charge in [-0.3, -0.25) is 15.5 Å². The standard InChI is InChI=1S/C15H11N3O6/c19-15(20)9-1-3-11(4-2-9)17-16-7-10-5-13-14(24-8-23-13)6-12(10)18(21)22/h1-7,17H,8H2,(H,19,20). The fourth-order valence-electron chi connectivity index (χ4n) is 2.07. The number of benzene rings is 2. The van der Waals surface area contributed by atoms with E-state index in [1.165, 1.54) is 42.6 Å². The molecular formula is C15H11N3O6. The zero-order chi connectivity index (χ0) is 17.1. The van der Waals surface area contributed by atoms with Crippen LogP contribution in [-0.4, -0.2) is 29.0 Å². The lowest BCUT2D eigenvalue weighted by Crippen LogP contribution is -1.98. The minimum Gasteiger partial charge on any atom is -0.478 e. The number of hydrogen-bond acceptors (Lipinski definition) is 7. The average molecular weight is 329 g/mol. The van der Waals surface area contributed by atoms with Crippen LogP contribution >= 0.6 is 0 Å². The Balaban J connectivity index is 1.79. The highest BCUT2D eigenvalue weighted by Gasteiger charge is 2.22. The van der Waals surface area contributed by atoms with E-state index in [9.17, 15) is 14.9 Å². The van der Waals surface area contributed by atoms with Gasteiger partial charge in [0.1, 0.15) is 0 Å². The van der Waals surface area contributed by atoms with E-state index < -0.39 is 10.9 Å². The molecule has 0 amide bonds. The van der Waals surface area contributed by atoms with Crippen LogP contribution in [0.3, 0.4) is 0 Å². The molecule has 0 bridgehead atoms. The van der Waals surface area contributed by atoms with Gasteiger partial charge in [-0.25, -0.2) is 4.79 Å². The first-order valence-corrected chi connectivity index (χ1v) is 6.75. The van der Waals surface area contributed by atoms with Gasteiger partial charge in [0.25, 0.3) is 5.69 Å². The predicted molar refractivity (Wildman–Crippen MR) is 83.8 cm³/mol. The Morgan fingerprint density at radius 2 is 1.92 bits per heavy atom. The van der Waals surface area contributed by atoms with Crippen molar-refractivity contribution in [3.05, 3.63) is 57.6 Å². The number of rotatable bonds is 5. The Bertz CT molecular complexity index is 832. The SMILES string of the molecule is O=C(O)c1ccc(NN=Cc2cc3c(cc2[N+](=O)[O-])OCO3)cc1. The molecule has 2 aromatic rings. The Morgan fingerprint density at radius 3 is 2.54 bits per heavy atom. The zero-order valence-corrected chi connectivity index (χ0v) is 12.1. The van der Waals surface area contributed by atoms with E-state index in [0.29, 0.717) is 17.2 Å². The molecule has 3 rings (SSSR count). The van der Waals surface area contributed by atoms with Gasteiger partial charge in [0.2, 0.25) is 6.79 Å². The summed E-state index contributed by atoms with van der Waals surface area (Å²) in [5.74, 6) is -0.301. The molecule has 2 N–H and O–H groups in total. The predicted octanol–water partition coefficient (Wildman–Crippen LogP) is 2.47. The first-order valence-electron chi connectivity index (χ1n) is 6.75. The summed E-state index contributed by atoms with van der Waals surface area (Å²) in [5, 5.41) is 23.9. The van der Waals surface area contributed by atoms with Crippen molar-refractivity contribution in [2.45, 2.75) is 0 Å². The van der Waals surface area contributed by atoms with Gasteiger partial charge in [-0.05, 0) is 30.3 Å². The molecule has 122 valence electrons. The lowest BCUT2D eigenvalue weighted by molar-refractivity contribution is -0.385. The van der Waals surface area contributed by atoms with Gasteiger partial charge in [0.05, 0.1) is 34.0 Å². The number of carboxylic acids is 1. The number of fused-ring (bicyclic) bond motifs is 1. The number of carbonyl (C=O) groups is 1. The Morgan fingerprint density at radius 1 is 1.25 bits per heavy atom. The Kier molecular flexibility index (Phi) is 3.98. The summed E-state index contributed by atoms with van der Waals surface area (Å²) < 4.78 is 10.3. The van der Waals surface area contributed by atoms with Crippen LogP contribution in [0.4, 0.5) is 11.4 Å². The summed E-state index contributed by atoms with van der Waals surface area (Å²) in [6, 6.07) is 8.67. The highest BCUT2D eigenvalue weighted by Crippen LogP contribution is 2.37. The molecule has 9 heteroatoms. The van der Waals surface area contributed by atoms with E-state index in [1.54, 1.807) is 0 Å². The molecule has 0 aromatic heterocycles. The minimum absolute atomic E-state index is 0.0151. The molecule has 0 unspecified atom stereocenters. The smallest absolute Gasteiger partial charge is 0.335 e. The van der Waals surface area contributed by atoms with Crippen LogP contribution in [0.15, 0.2) is 41.5 Å². The highest BCUT2D eigenvalue weighted by atomic mass is 16.7. The van der Waals surface area contributed by atoms with Crippen LogP contribution in [0.25, 0.3) is 0 Å². The maximum Gasteiger partial charge on any atom is 0.335 e. The molecule has 0 aliphatic carbocycles. The summed E-state index contributed by atoms with van der Waals surface area (Å²) in [6.45, 7) is 0.0151. The molecule has 0 atom stereocenters. The molecule has 0 saturated carbocycles. The second kappa shape index (κ2) is 6.24. The first kappa shape index (κ1) is 15.3. The monoisotopic (exact) mass is 329 g/mol. The second-order valence-corrected chi connectivity index (χ2v) is 4.77. The minimum atomic E-state index is -1.03. The zero-order valence-electron chi connectivity index (χ0n) is 12.1. The molecule has 2 aromatic carbocycles. The van der Waals surface area contributed by atoms with Crippen LogP contribution in [0.1, 0.15) is 15.9 Å². The largest absolute Gasteiger partial charge is 0.478 e. The number of nitrogens with zero attached hydrogens (tertiary/aromatic N) is 2. The van der Waals surface area contributed by atoms with E-state index in [1.807, 2.05) is 0 Å². The van der Waals surface area contributed by atoms with Crippen LogP contribution in [0.2, 0.25) is 0 Å². The maximum absolute atomic E-state index is 11.1. The number of hydrazone groups is 1. The molecule has 1 aliphatic rings. The molecule has 9 nitrogen and oxygen atoms in total. The number of nitro groups is 1. The van der Waals surface area contributed by atoms with Crippen molar-refractivity contribution in [1.82, 2.24) is 0 Å². The molecule has 0 fully saturated rings. The summed E-state index contributed by atoms with van der Waals surface area (Å²) in [7, 11) is 0. The fraction of sp³-hybridized carbons (Fsp3) is 0.0667. The third-order valence-corrected chi connectivity index (χ3v) is 3.25. The third kappa shape index (κ3) is 3.09. The molecule has 0 spiro atoms. The van der Waals surface area contributed by atoms with Crippen LogP contribution in [0, 0.1) is 10.1 Å². The molecule has 1 heterocycles. The van der Waals surface area contributed by atoms with Crippen molar-refractivity contribution >= 4 is 23.6 Å². The molecule has 1 aliphatic heterocycles. The summed E-state index contributed by atoms with van der Waals surface area (Å²) in [5.41, 5.74) is 3.45. The van der Waals surface area contributed by atoms with E-state index in [0.717, 1.165) is 0 Å². The Hall–Kier alpha value is -3.62. The number of nitro benzene ring substituents is 1. The quantitative estimate of drug-likeness (QED) is 0.490. The van der Waals surface area contributed by atoms with Gasteiger partial charge in [-0.2, -0.15) is 5.10 Å². The van der Waals surface area contributed by atoms with Gasteiger partial charge in [-0.1, -0.05) is 0 Å². The number of nitrogens with one attached hydrogen (secondary N) is 1. The molecule has 0 saturated heterocycles. The topological polar surface area (TPSA) is 123 Å². The van der Waals surface area contributed by atoms with E-state index in [-0.39, 0.29) is 23.6 Å². The van der Waals surface area contributed by atoms with Crippen molar-refractivity contribution in [2.24, 2.45) is 5.10 Å². The highest BCUT2D eigenvalue weighted by molar-refractivity contribution is 5.88. The lowest BCUT2D eigenvalue weighted by Gasteiger charge is -2.02. The summed E-state index contributed by atoms with van der Waals surface area (Å²) >= 11 is 0. The summed E-state index contributed by atoms with van der Waals surface area (Å²) in [4.78, 5) is 21.4. The number of hydrogen-bond donors (Lipinski definition) is 2. The van der Waals surface area contributed by atoms with Gasteiger partial charge in [-0.15, -0.1) is 0 Å². The Labute approximate surface area is 135 Å². The van der Waals surface area contributed by atoms with Gasteiger partial charge in [0, 0.05) is 0 Å². The molecule has 0 radical (unpaired) electrons. The van der Waals surface area contributed by atoms with E-state index >= 15 is 0 Å². The maximum atomic E-state index is 11.1. The fourth-order valence-corrected chi connectivity index (χ4v) is 2.07. The third-order valence-electron chi connectivity index (χ3n) is 3.25. The van der Waals surface area contributed by atoms with Gasteiger partial charge < -0.3 is 14.6 Å². The van der Waals surface area contributed by atoms with Crippen LogP contribution in [-0.2, 0) is 0 Å². The lowest BCUT2D eigenvalue weighted by atomic mass is 10.1. The van der Waals surface area contributed by atoms with Crippen LogP contribution in [0.5, 0.6) is 11.5 Å². The number of aromatic carboxylic acids is 1. The van der Waals surface area contributed by atoms with Gasteiger partial charge >= 0.3 is 5.97 Å². The number of ether oxygens (including phenoxy) is 2. The van der Waals surface area contributed by atoms with Crippen molar-refractivity contribution in [3.63, 3.8) is 0 Å². The average Bonchev–Trinajstić information content (AvgIpc) is 3.01. The van der Waals surface area contributed by atoms with Crippen molar-refractivity contribution < 1.29 is 24.3 Å². The van der Waals surface area contributed by atoms with Crippen LogP contribution < -0.4 is 14.9 Å². The molecule has 24 heavy (non-hydrogen) atoms. The molecular weight excluding hydrogens is 318 g/mol. The van der Waals surface area contributed by atoms with Crippen molar-refractivity contribution in [3.8, 4) is 11.5 Å². The second-order valence-electron chi connectivity index (χ2n) is 4.77. The summed E-state index contributed by atoms with van der Waals surface area (Å²) in [6.07, 6.45) is 1.28. The number of carboxylic acid groups (broad SMARTS) is 1.